The van der Waals surface area contributed by atoms with Crippen molar-refractivity contribution in [1.82, 2.24) is 5.32 Å². The molecule has 1 aliphatic heterocycles. The maximum Gasteiger partial charge on any atom is 0.251 e. The van der Waals surface area contributed by atoms with E-state index in [4.69, 9.17) is 0 Å². The number of carbonyl (C=O) groups excluding carboxylic acids is 2. The zero-order valence-corrected chi connectivity index (χ0v) is 13.2. The minimum atomic E-state index is -0.561. The quantitative estimate of drug-likeness (QED) is 0.948. The molecule has 23 heavy (non-hydrogen) atoms. The van der Waals surface area contributed by atoms with Gasteiger partial charge in [0.2, 0.25) is 5.91 Å². The van der Waals surface area contributed by atoms with Crippen LogP contribution in [0, 0.1) is 0 Å². The number of hydrogen-bond donors (Lipinski definition) is 1. The van der Waals surface area contributed by atoms with Crippen molar-refractivity contribution in [1.29, 1.82) is 0 Å². The average molecular weight is 308 g/mol. The smallest absolute Gasteiger partial charge is 0.251 e. The van der Waals surface area contributed by atoms with Crippen LogP contribution in [-0.4, -0.2) is 24.4 Å². The zero-order valence-electron chi connectivity index (χ0n) is 13.2. The molecule has 3 rings (SSSR count). The Morgan fingerprint density at radius 2 is 1.74 bits per heavy atom. The second kappa shape index (κ2) is 6.65. The number of fused-ring (bicyclic) bond motifs is 1. The Morgan fingerprint density at radius 1 is 1.04 bits per heavy atom. The molecular formula is C19H20N2O2. The lowest BCUT2D eigenvalue weighted by Gasteiger charge is -2.31. The molecule has 2 amide bonds. The highest BCUT2D eigenvalue weighted by molar-refractivity contribution is 6.02. The lowest BCUT2D eigenvalue weighted by molar-refractivity contribution is -0.120. The summed E-state index contributed by atoms with van der Waals surface area (Å²) in [7, 11) is 0. The van der Waals surface area contributed by atoms with Gasteiger partial charge in [-0.15, -0.1) is 0 Å². The number of nitrogens with one attached hydrogen (secondary N) is 1. The van der Waals surface area contributed by atoms with Gasteiger partial charge in [0.25, 0.3) is 5.91 Å². The molecule has 0 saturated heterocycles. The van der Waals surface area contributed by atoms with Crippen LogP contribution < -0.4 is 10.2 Å². The molecule has 2 aromatic rings. The zero-order chi connectivity index (χ0) is 16.2. The van der Waals surface area contributed by atoms with Crippen LogP contribution in [0.3, 0.4) is 0 Å². The van der Waals surface area contributed by atoms with Crippen LogP contribution in [0.2, 0.25) is 0 Å². The van der Waals surface area contributed by atoms with E-state index in [2.05, 4.69) is 11.4 Å². The van der Waals surface area contributed by atoms with Gasteiger partial charge in [0.05, 0.1) is 0 Å². The SMILES string of the molecule is CC(NC(=O)c1ccccc1)C(=O)N1CCCc2ccccc21. The van der Waals surface area contributed by atoms with Crippen LogP contribution in [0.1, 0.15) is 29.3 Å². The summed E-state index contributed by atoms with van der Waals surface area (Å²) in [5.74, 6) is -0.293. The second-order valence-electron chi connectivity index (χ2n) is 5.78. The van der Waals surface area contributed by atoms with Gasteiger partial charge in [-0.1, -0.05) is 36.4 Å². The molecule has 4 heteroatoms. The van der Waals surface area contributed by atoms with Crippen LogP contribution in [0.4, 0.5) is 5.69 Å². The molecule has 1 atom stereocenters. The van der Waals surface area contributed by atoms with Gasteiger partial charge in [-0.2, -0.15) is 0 Å². The molecule has 0 aromatic heterocycles. The number of anilines is 1. The number of para-hydroxylation sites is 1. The van der Waals surface area contributed by atoms with Crippen molar-refractivity contribution in [3.05, 3.63) is 65.7 Å². The molecule has 1 heterocycles. The number of rotatable bonds is 3. The summed E-state index contributed by atoms with van der Waals surface area (Å²) in [5, 5.41) is 2.79. The number of amides is 2. The summed E-state index contributed by atoms with van der Waals surface area (Å²) in [6.45, 7) is 2.43. The van der Waals surface area contributed by atoms with Crippen LogP contribution in [0.5, 0.6) is 0 Å². The average Bonchev–Trinajstić information content (AvgIpc) is 2.61. The summed E-state index contributed by atoms with van der Waals surface area (Å²) in [6, 6.07) is 16.4. The molecule has 0 bridgehead atoms. The van der Waals surface area contributed by atoms with Gasteiger partial charge in [-0.25, -0.2) is 0 Å². The van der Waals surface area contributed by atoms with Crippen molar-refractivity contribution in [3.8, 4) is 0 Å². The fourth-order valence-electron chi connectivity index (χ4n) is 2.93. The molecule has 4 nitrogen and oxygen atoms in total. The van der Waals surface area contributed by atoms with E-state index in [0.29, 0.717) is 12.1 Å². The maximum atomic E-state index is 12.7. The van der Waals surface area contributed by atoms with E-state index in [1.165, 1.54) is 5.56 Å². The van der Waals surface area contributed by atoms with E-state index < -0.39 is 6.04 Å². The maximum absolute atomic E-state index is 12.7. The highest BCUT2D eigenvalue weighted by Gasteiger charge is 2.27. The molecule has 0 fully saturated rings. The summed E-state index contributed by atoms with van der Waals surface area (Å²) >= 11 is 0. The monoisotopic (exact) mass is 308 g/mol. The van der Waals surface area contributed by atoms with Gasteiger partial charge in [-0.05, 0) is 43.5 Å². The molecule has 0 aliphatic carbocycles. The van der Waals surface area contributed by atoms with Crippen LogP contribution in [0.15, 0.2) is 54.6 Å². The summed E-state index contributed by atoms with van der Waals surface area (Å²) < 4.78 is 0. The van der Waals surface area contributed by atoms with Gasteiger partial charge < -0.3 is 10.2 Å². The Morgan fingerprint density at radius 3 is 2.52 bits per heavy atom. The van der Waals surface area contributed by atoms with E-state index in [9.17, 15) is 9.59 Å². The summed E-state index contributed by atoms with van der Waals surface area (Å²) in [5.41, 5.74) is 2.71. The lowest BCUT2D eigenvalue weighted by atomic mass is 10.0. The first kappa shape index (κ1) is 15.3. The van der Waals surface area contributed by atoms with Gasteiger partial charge in [-0.3, -0.25) is 9.59 Å². The van der Waals surface area contributed by atoms with Gasteiger partial charge in [0, 0.05) is 17.8 Å². The predicted octanol–water partition coefficient (Wildman–Crippen LogP) is 2.78. The van der Waals surface area contributed by atoms with Crippen molar-refractivity contribution >= 4 is 17.5 Å². The van der Waals surface area contributed by atoms with Crippen molar-refractivity contribution in [2.45, 2.75) is 25.8 Å². The van der Waals surface area contributed by atoms with Crippen molar-refractivity contribution in [2.24, 2.45) is 0 Å². The minimum Gasteiger partial charge on any atom is -0.341 e. The number of nitrogens with zero attached hydrogens (tertiary/aromatic N) is 1. The highest BCUT2D eigenvalue weighted by atomic mass is 16.2. The Hall–Kier alpha value is -2.62. The van der Waals surface area contributed by atoms with Gasteiger partial charge in [0.15, 0.2) is 0 Å². The first-order valence-corrected chi connectivity index (χ1v) is 7.92. The van der Waals surface area contributed by atoms with Crippen LogP contribution in [0.25, 0.3) is 0 Å². The topological polar surface area (TPSA) is 49.4 Å². The number of benzene rings is 2. The molecule has 0 spiro atoms. The fraction of sp³-hybridized carbons (Fsp3) is 0.263. The molecule has 0 radical (unpaired) electrons. The third-order valence-electron chi connectivity index (χ3n) is 4.13. The highest BCUT2D eigenvalue weighted by Crippen LogP contribution is 2.27. The first-order chi connectivity index (χ1) is 11.2. The van der Waals surface area contributed by atoms with E-state index in [0.717, 1.165) is 18.5 Å². The van der Waals surface area contributed by atoms with Crippen molar-refractivity contribution < 1.29 is 9.59 Å². The first-order valence-electron chi connectivity index (χ1n) is 7.92. The molecule has 118 valence electrons. The number of aryl methyl sites for hydroxylation is 1. The van der Waals surface area contributed by atoms with Crippen LogP contribution >= 0.6 is 0 Å². The Labute approximate surface area is 136 Å². The van der Waals surface area contributed by atoms with E-state index in [-0.39, 0.29) is 11.8 Å². The fourth-order valence-corrected chi connectivity index (χ4v) is 2.93. The Bertz CT molecular complexity index is 712. The van der Waals surface area contributed by atoms with E-state index >= 15 is 0 Å². The Balaban J connectivity index is 1.72. The third-order valence-corrected chi connectivity index (χ3v) is 4.13. The predicted molar refractivity (Wildman–Crippen MR) is 90.5 cm³/mol. The summed E-state index contributed by atoms with van der Waals surface area (Å²) in [6.07, 6.45) is 1.94. The second-order valence-corrected chi connectivity index (χ2v) is 5.78. The number of carbonyl (C=O) groups is 2. The molecule has 1 unspecified atom stereocenters. The lowest BCUT2D eigenvalue weighted by Crippen LogP contribution is -2.48. The van der Waals surface area contributed by atoms with Crippen LogP contribution in [-0.2, 0) is 11.2 Å². The van der Waals surface area contributed by atoms with Crippen molar-refractivity contribution in [3.63, 3.8) is 0 Å². The summed E-state index contributed by atoms with van der Waals surface area (Å²) in [4.78, 5) is 26.7. The largest absolute Gasteiger partial charge is 0.341 e. The van der Waals surface area contributed by atoms with Crippen molar-refractivity contribution in [2.75, 3.05) is 11.4 Å². The molecule has 1 N–H and O–H groups in total. The molecule has 1 aliphatic rings. The van der Waals surface area contributed by atoms with Gasteiger partial charge >= 0.3 is 0 Å². The Kier molecular flexibility index (Phi) is 4.42. The molecule has 2 aromatic carbocycles. The van der Waals surface area contributed by atoms with E-state index in [1.54, 1.807) is 24.0 Å². The third kappa shape index (κ3) is 3.26. The van der Waals surface area contributed by atoms with Gasteiger partial charge in [0.1, 0.15) is 6.04 Å². The normalized spacial score (nSPS) is 14.7. The number of hydrogen-bond acceptors (Lipinski definition) is 2. The molecular weight excluding hydrogens is 288 g/mol. The standard InChI is InChI=1S/C19H20N2O2/c1-14(20-18(22)16-9-3-2-4-10-16)19(23)21-13-7-11-15-8-5-6-12-17(15)21/h2-6,8-10,12,14H,7,11,13H2,1H3,(H,20,22). The molecule has 0 saturated carbocycles. The minimum absolute atomic E-state index is 0.0681. The van der Waals surface area contributed by atoms with E-state index in [1.807, 2.05) is 36.4 Å².